The van der Waals surface area contributed by atoms with Crippen LogP contribution in [-0.4, -0.2) is 25.5 Å². The molecule has 0 spiro atoms. The van der Waals surface area contributed by atoms with Crippen LogP contribution in [0.15, 0.2) is 5.16 Å². The molecular weight excluding hydrogens is 142 g/mol. The van der Waals surface area contributed by atoms with Crippen LogP contribution in [0.1, 0.15) is 19.3 Å². The Kier molecular flexibility index (Phi) is 1.82. The normalized spacial score (nSPS) is 35.9. The van der Waals surface area contributed by atoms with Gasteiger partial charge in [0.25, 0.3) is 0 Å². The molecule has 0 saturated heterocycles. The Morgan fingerprint density at radius 1 is 1.55 bits per heavy atom. The number of oxime groups is 1. The molecule has 0 aromatic carbocycles. The average Bonchev–Trinajstić information content (AvgIpc) is 2.50. The summed E-state index contributed by atoms with van der Waals surface area (Å²) < 4.78 is 5.26. The number of fused-ring (bicyclic) bond motifs is 1. The van der Waals surface area contributed by atoms with Gasteiger partial charge in [-0.3, -0.25) is 0 Å². The van der Waals surface area contributed by atoms with Crippen molar-refractivity contribution in [3.8, 4) is 0 Å². The molecule has 0 amide bonds. The maximum Gasteiger partial charge on any atom is 0.125 e. The van der Waals surface area contributed by atoms with Crippen LogP contribution in [0.3, 0.4) is 0 Å². The molecule has 11 heavy (non-hydrogen) atoms. The van der Waals surface area contributed by atoms with Crippen LogP contribution in [0.4, 0.5) is 0 Å². The SMILES string of the molecule is CO[C@H]1CC[C@H]2CON=C2C1. The lowest BCUT2D eigenvalue weighted by Gasteiger charge is -2.23. The highest BCUT2D eigenvalue weighted by atomic mass is 16.6. The average molecular weight is 155 g/mol. The van der Waals surface area contributed by atoms with Gasteiger partial charge in [-0.1, -0.05) is 5.16 Å². The fraction of sp³-hybridized carbons (Fsp3) is 0.875. The van der Waals surface area contributed by atoms with E-state index in [1.165, 1.54) is 12.1 Å². The largest absolute Gasteiger partial charge is 0.395 e. The highest BCUT2D eigenvalue weighted by Crippen LogP contribution is 2.27. The summed E-state index contributed by atoms with van der Waals surface area (Å²) in [5, 5.41) is 3.99. The Morgan fingerprint density at radius 3 is 3.27 bits per heavy atom. The first-order valence-corrected chi connectivity index (χ1v) is 4.11. The summed E-state index contributed by atoms with van der Waals surface area (Å²) >= 11 is 0. The van der Waals surface area contributed by atoms with E-state index in [-0.39, 0.29) is 0 Å². The van der Waals surface area contributed by atoms with Crippen molar-refractivity contribution in [3.05, 3.63) is 0 Å². The minimum atomic E-state index is 0.381. The van der Waals surface area contributed by atoms with E-state index in [1.807, 2.05) is 0 Å². The van der Waals surface area contributed by atoms with Crippen molar-refractivity contribution in [2.45, 2.75) is 25.4 Å². The lowest BCUT2D eigenvalue weighted by Crippen LogP contribution is -2.28. The van der Waals surface area contributed by atoms with Gasteiger partial charge in [0.15, 0.2) is 0 Å². The molecule has 3 heteroatoms. The van der Waals surface area contributed by atoms with Gasteiger partial charge in [0.2, 0.25) is 0 Å². The third-order valence-electron chi connectivity index (χ3n) is 2.54. The summed E-state index contributed by atoms with van der Waals surface area (Å²) in [5.74, 6) is 0.599. The van der Waals surface area contributed by atoms with Crippen molar-refractivity contribution in [1.29, 1.82) is 0 Å². The zero-order valence-corrected chi connectivity index (χ0v) is 6.75. The number of hydrogen-bond acceptors (Lipinski definition) is 3. The van der Waals surface area contributed by atoms with Crippen LogP contribution in [0.5, 0.6) is 0 Å². The zero-order valence-electron chi connectivity index (χ0n) is 6.75. The highest BCUT2D eigenvalue weighted by Gasteiger charge is 2.30. The quantitative estimate of drug-likeness (QED) is 0.569. The van der Waals surface area contributed by atoms with Gasteiger partial charge in [-0.25, -0.2) is 0 Å². The van der Waals surface area contributed by atoms with Gasteiger partial charge in [0.05, 0.1) is 11.8 Å². The molecule has 1 aliphatic heterocycles. The van der Waals surface area contributed by atoms with Crippen LogP contribution in [0, 0.1) is 5.92 Å². The molecular formula is C8H13NO2. The molecule has 2 aliphatic rings. The molecule has 3 nitrogen and oxygen atoms in total. The van der Waals surface area contributed by atoms with Crippen LogP contribution < -0.4 is 0 Å². The van der Waals surface area contributed by atoms with Crippen molar-refractivity contribution in [2.75, 3.05) is 13.7 Å². The predicted molar refractivity (Wildman–Crippen MR) is 41.5 cm³/mol. The first-order chi connectivity index (χ1) is 5.40. The summed E-state index contributed by atoms with van der Waals surface area (Å²) in [6, 6.07) is 0. The number of methoxy groups -OCH3 is 1. The maximum atomic E-state index is 5.26. The lowest BCUT2D eigenvalue weighted by molar-refractivity contribution is 0.0860. The van der Waals surface area contributed by atoms with Crippen LogP contribution in [0.25, 0.3) is 0 Å². The zero-order chi connectivity index (χ0) is 7.68. The van der Waals surface area contributed by atoms with E-state index in [2.05, 4.69) is 5.16 Å². The van der Waals surface area contributed by atoms with Crippen LogP contribution in [0.2, 0.25) is 0 Å². The first kappa shape index (κ1) is 7.10. The van der Waals surface area contributed by atoms with Crippen LogP contribution >= 0.6 is 0 Å². The fourth-order valence-corrected chi connectivity index (χ4v) is 1.76. The third-order valence-corrected chi connectivity index (χ3v) is 2.54. The van der Waals surface area contributed by atoms with E-state index in [0.717, 1.165) is 19.4 Å². The molecule has 2 atom stereocenters. The van der Waals surface area contributed by atoms with E-state index in [0.29, 0.717) is 12.0 Å². The maximum absolute atomic E-state index is 5.26. The van der Waals surface area contributed by atoms with Gasteiger partial charge < -0.3 is 9.57 Å². The molecule has 0 aromatic heterocycles. The topological polar surface area (TPSA) is 30.8 Å². The molecule has 1 aliphatic carbocycles. The smallest absolute Gasteiger partial charge is 0.125 e. The Balaban J connectivity index is 2.00. The van der Waals surface area contributed by atoms with E-state index >= 15 is 0 Å². The molecule has 1 heterocycles. The molecule has 62 valence electrons. The van der Waals surface area contributed by atoms with Gasteiger partial charge in [-0.05, 0) is 12.8 Å². The summed E-state index contributed by atoms with van der Waals surface area (Å²) in [6.45, 7) is 0.797. The Morgan fingerprint density at radius 2 is 2.45 bits per heavy atom. The molecule has 0 radical (unpaired) electrons. The highest BCUT2D eigenvalue weighted by molar-refractivity contribution is 5.88. The van der Waals surface area contributed by atoms with Gasteiger partial charge in [-0.2, -0.15) is 0 Å². The van der Waals surface area contributed by atoms with Gasteiger partial charge >= 0.3 is 0 Å². The molecule has 0 bridgehead atoms. The van der Waals surface area contributed by atoms with E-state index in [4.69, 9.17) is 9.57 Å². The van der Waals surface area contributed by atoms with Crippen molar-refractivity contribution >= 4 is 5.71 Å². The standard InChI is InChI=1S/C8H13NO2/c1-10-7-3-2-6-5-11-9-8(6)4-7/h6-7H,2-5H2,1H3/t6-,7-/m0/s1. The Labute approximate surface area is 66.4 Å². The molecule has 0 N–H and O–H groups in total. The summed E-state index contributed by atoms with van der Waals surface area (Å²) in [5.41, 5.74) is 1.21. The Bertz CT molecular complexity index is 179. The van der Waals surface area contributed by atoms with E-state index in [9.17, 15) is 0 Å². The first-order valence-electron chi connectivity index (χ1n) is 4.11. The van der Waals surface area contributed by atoms with Crippen molar-refractivity contribution in [3.63, 3.8) is 0 Å². The minimum absolute atomic E-state index is 0.381. The summed E-state index contributed by atoms with van der Waals surface area (Å²) in [4.78, 5) is 5.02. The molecule has 0 aromatic rings. The van der Waals surface area contributed by atoms with E-state index < -0.39 is 0 Å². The number of hydrogen-bond donors (Lipinski definition) is 0. The van der Waals surface area contributed by atoms with Gasteiger partial charge in [-0.15, -0.1) is 0 Å². The van der Waals surface area contributed by atoms with Crippen molar-refractivity contribution in [1.82, 2.24) is 0 Å². The molecule has 2 rings (SSSR count). The summed E-state index contributed by atoms with van der Waals surface area (Å²) in [6.07, 6.45) is 3.69. The number of ether oxygens (including phenoxy) is 1. The molecule has 0 unspecified atom stereocenters. The summed E-state index contributed by atoms with van der Waals surface area (Å²) in [7, 11) is 1.77. The third kappa shape index (κ3) is 1.25. The minimum Gasteiger partial charge on any atom is -0.395 e. The Hall–Kier alpha value is -0.570. The van der Waals surface area contributed by atoms with Crippen molar-refractivity contribution < 1.29 is 9.57 Å². The molecule has 1 fully saturated rings. The second-order valence-corrected chi connectivity index (χ2v) is 3.21. The van der Waals surface area contributed by atoms with Crippen molar-refractivity contribution in [2.24, 2.45) is 11.1 Å². The number of nitrogens with zero attached hydrogens (tertiary/aromatic N) is 1. The van der Waals surface area contributed by atoms with E-state index in [1.54, 1.807) is 7.11 Å². The monoisotopic (exact) mass is 155 g/mol. The fourth-order valence-electron chi connectivity index (χ4n) is 1.76. The lowest BCUT2D eigenvalue weighted by atomic mass is 9.86. The van der Waals surface area contributed by atoms with Gasteiger partial charge in [0.1, 0.15) is 6.61 Å². The second kappa shape index (κ2) is 2.81. The molecule has 1 saturated carbocycles. The van der Waals surface area contributed by atoms with Crippen LogP contribution in [-0.2, 0) is 9.57 Å². The van der Waals surface area contributed by atoms with Gasteiger partial charge in [0, 0.05) is 19.4 Å². The predicted octanol–water partition coefficient (Wildman–Crippen LogP) is 1.19. The number of rotatable bonds is 1. The second-order valence-electron chi connectivity index (χ2n) is 3.21.